The highest BCUT2D eigenvalue weighted by Crippen LogP contribution is 2.23. The third kappa shape index (κ3) is 3.14. The highest BCUT2D eigenvalue weighted by molar-refractivity contribution is 5.83. The Balaban J connectivity index is 2.21. The van der Waals surface area contributed by atoms with E-state index < -0.39 is 0 Å². The number of nitrogens with two attached hydrogens (primary N) is 1. The zero-order valence-corrected chi connectivity index (χ0v) is 11.7. The molecule has 4 heteroatoms. The van der Waals surface area contributed by atoms with Crippen LogP contribution in [-0.2, 0) is 4.79 Å². The maximum atomic E-state index is 12.7. The van der Waals surface area contributed by atoms with Crippen LogP contribution in [-0.4, -0.2) is 48.4 Å². The first-order valence-corrected chi connectivity index (χ1v) is 6.93. The zero-order valence-electron chi connectivity index (χ0n) is 11.7. The molecular formula is C15H23N3O. The number of hydrogen-bond donors (Lipinski definition) is 1. The molecule has 1 heterocycles. The number of nitrogens with zero attached hydrogens (tertiary/aromatic N) is 2. The molecule has 1 aromatic carbocycles. The molecule has 1 aliphatic heterocycles. The monoisotopic (exact) mass is 261 g/mol. The molecular weight excluding hydrogens is 238 g/mol. The number of benzene rings is 1. The molecule has 2 N–H and O–H groups in total. The number of rotatable bonds is 4. The molecule has 1 aromatic rings. The molecule has 0 saturated carbocycles. The van der Waals surface area contributed by atoms with Gasteiger partial charge in [-0.3, -0.25) is 9.69 Å². The Labute approximate surface area is 115 Å². The molecule has 1 aliphatic rings. The quantitative estimate of drug-likeness (QED) is 0.887. The second kappa shape index (κ2) is 6.17. The van der Waals surface area contributed by atoms with Crippen molar-refractivity contribution >= 4 is 5.91 Å². The van der Waals surface area contributed by atoms with Crippen LogP contribution in [0.1, 0.15) is 24.9 Å². The fourth-order valence-electron chi connectivity index (χ4n) is 2.56. The average molecular weight is 261 g/mol. The topological polar surface area (TPSA) is 49.6 Å². The molecule has 0 unspecified atom stereocenters. The van der Waals surface area contributed by atoms with Gasteiger partial charge >= 0.3 is 0 Å². The van der Waals surface area contributed by atoms with Crippen molar-refractivity contribution in [3.63, 3.8) is 0 Å². The van der Waals surface area contributed by atoms with Crippen LogP contribution in [0.15, 0.2) is 30.3 Å². The minimum Gasteiger partial charge on any atom is -0.339 e. The summed E-state index contributed by atoms with van der Waals surface area (Å²) in [4.78, 5) is 16.7. The van der Waals surface area contributed by atoms with Crippen LogP contribution in [0.2, 0.25) is 0 Å². The fourth-order valence-corrected chi connectivity index (χ4v) is 2.56. The normalized spacial score (nSPS) is 20.8. The Bertz CT molecular complexity index is 421. The van der Waals surface area contributed by atoms with Gasteiger partial charge < -0.3 is 10.6 Å². The van der Waals surface area contributed by atoms with E-state index in [9.17, 15) is 4.79 Å². The van der Waals surface area contributed by atoms with Crippen molar-refractivity contribution in [2.24, 2.45) is 5.73 Å². The van der Waals surface area contributed by atoms with E-state index in [0.717, 1.165) is 25.1 Å². The predicted molar refractivity (Wildman–Crippen MR) is 76.7 cm³/mol. The van der Waals surface area contributed by atoms with E-state index in [-0.39, 0.29) is 18.0 Å². The van der Waals surface area contributed by atoms with Crippen molar-refractivity contribution in [3.05, 3.63) is 35.9 Å². The number of likely N-dealkylation sites (tertiary alicyclic amines) is 1. The van der Waals surface area contributed by atoms with Crippen LogP contribution in [0.3, 0.4) is 0 Å². The van der Waals surface area contributed by atoms with E-state index in [1.54, 1.807) is 0 Å². The van der Waals surface area contributed by atoms with Crippen LogP contribution in [0.25, 0.3) is 0 Å². The van der Waals surface area contributed by atoms with Crippen molar-refractivity contribution in [2.75, 3.05) is 26.7 Å². The van der Waals surface area contributed by atoms with Gasteiger partial charge in [-0.05, 0) is 25.6 Å². The molecule has 0 spiro atoms. The maximum absolute atomic E-state index is 12.7. The summed E-state index contributed by atoms with van der Waals surface area (Å²) in [5, 5.41) is 0. The van der Waals surface area contributed by atoms with Crippen LogP contribution >= 0.6 is 0 Å². The molecule has 4 nitrogen and oxygen atoms in total. The van der Waals surface area contributed by atoms with Gasteiger partial charge in [-0.15, -0.1) is 0 Å². The number of carbonyl (C=O) groups excluding carboxylic acids is 1. The summed E-state index contributed by atoms with van der Waals surface area (Å²) in [5.74, 6) is 0.170. The zero-order chi connectivity index (χ0) is 13.8. The molecule has 0 radical (unpaired) electrons. The summed E-state index contributed by atoms with van der Waals surface area (Å²) in [7, 11) is 1.99. The third-order valence-electron chi connectivity index (χ3n) is 3.83. The standard InChI is InChI=1S/C15H23N3O/c1-3-17(2)14(12-7-5-4-6-8-12)15(19)18-10-9-13(16)11-18/h4-8,13-14H,3,9-11,16H2,1-2H3/t13-,14-/m0/s1. The van der Waals surface area contributed by atoms with Gasteiger partial charge in [0.15, 0.2) is 0 Å². The van der Waals surface area contributed by atoms with Crippen LogP contribution < -0.4 is 5.73 Å². The van der Waals surface area contributed by atoms with Gasteiger partial charge in [0.25, 0.3) is 0 Å². The van der Waals surface area contributed by atoms with Crippen molar-refractivity contribution in [3.8, 4) is 0 Å². The first-order valence-electron chi connectivity index (χ1n) is 6.93. The molecule has 0 aliphatic carbocycles. The highest BCUT2D eigenvalue weighted by Gasteiger charge is 2.32. The Morgan fingerprint density at radius 2 is 2.16 bits per heavy atom. The Hall–Kier alpha value is -1.39. The molecule has 0 aromatic heterocycles. The molecule has 1 amide bonds. The van der Waals surface area contributed by atoms with E-state index in [0.29, 0.717) is 6.54 Å². The lowest BCUT2D eigenvalue weighted by Gasteiger charge is -2.30. The highest BCUT2D eigenvalue weighted by atomic mass is 16.2. The number of hydrogen-bond acceptors (Lipinski definition) is 3. The first-order chi connectivity index (χ1) is 9.13. The second-order valence-corrected chi connectivity index (χ2v) is 5.22. The van der Waals surface area contributed by atoms with Gasteiger partial charge in [0.05, 0.1) is 0 Å². The van der Waals surface area contributed by atoms with Crippen LogP contribution in [0, 0.1) is 0 Å². The fraction of sp³-hybridized carbons (Fsp3) is 0.533. The average Bonchev–Trinajstić information content (AvgIpc) is 2.86. The van der Waals surface area contributed by atoms with E-state index in [2.05, 4.69) is 11.8 Å². The summed E-state index contributed by atoms with van der Waals surface area (Å²) in [6.07, 6.45) is 0.906. The first kappa shape index (κ1) is 14.0. The van der Waals surface area contributed by atoms with Gasteiger partial charge in [0.1, 0.15) is 6.04 Å². The molecule has 2 rings (SSSR count). The van der Waals surface area contributed by atoms with Gasteiger partial charge in [0.2, 0.25) is 5.91 Å². The van der Waals surface area contributed by atoms with Crippen molar-refractivity contribution in [2.45, 2.75) is 25.4 Å². The number of carbonyl (C=O) groups is 1. The molecule has 19 heavy (non-hydrogen) atoms. The summed E-state index contributed by atoms with van der Waals surface area (Å²) < 4.78 is 0. The van der Waals surface area contributed by atoms with Gasteiger partial charge in [-0.25, -0.2) is 0 Å². The van der Waals surface area contributed by atoms with Crippen molar-refractivity contribution < 1.29 is 4.79 Å². The summed E-state index contributed by atoms with van der Waals surface area (Å²) in [6, 6.07) is 9.91. The van der Waals surface area contributed by atoms with Gasteiger partial charge in [0, 0.05) is 19.1 Å². The maximum Gasteiger partial charge on any atom is 0.244 e. The summed E-state index contributed by atoms with van der Waals surface area (Å²) in [6.45, 7) is 4.37. The Morgan fingerprint density at radius 1 is 1.47 bits per heavy atom. The van der Waals surface area contributed by atoms with E-state index in [1.165, 1.54) is 0 Å². The molecule has 2 atom stereocenters. The third-order valence-corrected chi connectivity index (χ3v) is 3.83. The molecule has 0 bridgehead atoms. The smallest absolute Gasteiger partial charge is 0.244 e. The molecule has 104 valence electrons. The van der Waals surface area contributed by atoms with E-state index in [1.807, 2.05) is 42.3 Å². The SMILES string of the molecule is CCN(C)[C@H](C(=O)N1CC[C@H](N)C1)c1ccccc1. The second-order valence-electron chi connectivity index (χ2n) is 5.22. The molecule has 1 fully saturated rings. The predicted octanol–water partition coefficient (Wildman–Crippen LogP) is 1.24. The lowest BCUT2D eigenvalue weighted by atomic mass is 10.0. The number of likely N-dealkylation sites (N-methyl/N-ethyl adjacent to an activating group) is 1. The largest absolute Gasteiger partial charge is 0.339 e. The van der Waals surface area contributed by atoms with E-state index >= 15 is 0 Å². The van der Waals surface area contributed by atoms with Crippen molar-refractivity contribution in [1.82, 2.24) is 9.80 Å². The minimum atomic E-state index is -0.198. The summed E-state index contributed by atoms with van der Waals surface area (Å²) in [5.41, 5.74) is 6.96. The van der Waals surface area contributed by atoms with E-state index in [4.69, 9.17) is 5.73 Å². The Kier molecular flexibility index (Phi) is 4.56. The minimum absolute atomic E-state index is 0.132. The van der Waals surface area contributed by atoms with Crippen LogP contribution in [0.4, 0.5) is 0 Å². The molecule has 1 saturated heterocycles. The van der Waals surface area contributed by atoms with Crippen molar-refractivity contribution in [1.29, 1.82) is 0 Å². The van der Waals surface area contributed by atoms with Gasteiger partial charge in [-0.1, -0.05) is 37.3 Å². The number of amides is 1. The van der Waals surface area contributed by atoms with Gasteiger partial charge in [-0.2, -0.15) is 0 Å². The Morgan fingerprint density at radius 3 is 2.68 bits per heavy atom. The van der Waals surface area contributed by atoms with Crippen LogP contribution in [0.5, 0.6) is 0 Å². The lowest BCUT2D eigenvalue weighted by Crippen LogP contribution is -2.41. The lowest BCUT2D eigenvalue weighted by molar-refractivity contribution is -0.135. The summed E-state index contributed by atoms with van der Waals surface area (Å²) >= 11 is 0.